The highest BCUT2D eigenvalue weighted by Gasteiger charge is 2.04. The van der Waals surface area contributed by atoms with Gasteiger partial charge in [-0.05, 0) is 52.7 Å². The Labute approximate surface area is 114 Å². The lowest BCUT2D eigenvalue weighted by Crippen LogP contribution is -2.00. The monoisotopic (exact) mass is 307 g/mol. The van der Waals surface area contributed by atoms with E-state index < -0.39 is 0 Å². The van der Waals surface area contributed by atoms with E-state index in [1.807, 2.05) is 25.1 Å². The molecule has 0 aliphatic heterocycles. The first-order chi connectivity index (χ1) is 8.58. The van der Waals surface area contributed by atoms with Crippen LogP contribution < -0.4 is 5.32 Å². The van der Waals surface area contributed by atoms with Crippen LogP contribution in [0.1, 0.15) is 11.1 Å². The SMILES string of the molecule is Cc1cc(NCc2cccc(Br)c2O)ccc1O. The molecular formula is C14H14BrNO2. The Bertz CT molecular complexity index is 570. The van der Waals surface area contributed by atoms with Crippen LogP contribution in [-0.4, -0.2) is 10.2 Å². The predicted octanol–water partition coefficient (Wildman–Crippen LogP) is 3.78. The second-order valence-electron chi connectivity index (χ2n) is 4.10. The van der Waals surface area contributed by atoms with E-state index in [0.717, 1.165) is 16.8 Å². The molecule has 3 nitrogen and oxygen atoms in total. The number of hydrogen-bond acceptors (Lipinski definition) is 3. The van der Waals surface area contributed by atoms with Crippen molar-refractivity contribution in [1.82, 2.24) is 0 Å². The van der Waals surface area contributed by atoms with E-state index in [-0.39, 0.29) is 11.5 Å². The fraction of sp³-hybridized carbons (Fsp3) is 0.143. The third kappa shape index (κ3) is 2.76. The fourth-order valence-electron chi connectivity index (χ4n) is 1.67. The quantitative estimate of drug-likeness (QED) is 0.756. The van der Waals surface area contributed by atoms with Crippen LogP contribution in [0.3, 0.4) is 0 Å². The van der Waals surface area contributed by atoms with Crippen molar-refractivity contribution in [2.75, 3.05) is 5.32 Å². The highest BCUT2D eigenvalue weighted by Crippen LogP contribution is 2.28. The number of halogens is 1. The van der Waals surface area contributed by atoms with Crippen molar-refractivity contribution in [1.29, 1.82) is 0 Å². The lowest BCUT2D eigenvalue weighted by atomic mass is 10.1. The molecule has 0 unspecified atom stereocenters. The summed E-state index contributed by atoms with van der Waals surface area (Å²) < 4.78 is 0.684. The molecule has 2 aromatic carbocycles. The minimum atomic E-state index is 0.250. The Balaban J connectivity index is 2.11. The van der Waals surface area contributed by atoms with Gasteiger partial charge in [-0.3, -0.25) is 0 Å². The predicted molar refractivity (Wildman–Crippen MR) is 76.0 cm³/mol. The molecular weight excluding hydrogens is 294 g/mol. The van der Waals surface area contributed by atoms with Gasteiger partial charge in [0.2, 0.25) is 0 Å². The van der Waals surface area contributed by atoms with E-state index in [1.54, 1.807) is 18.2 Å². The number of phenols is 2. The minimum absolute atomic E-state index is 0.250. The number of aryl methyl sites for hydroxylation is 1. The van der Waals surface area contributed by atoms with Gasteiger partial charge in [0.15, 0.2) is 0 Å². The van der Waals surface area contributed by atoms with Crippen molar-refractivity contribution in [2.24, 2.45) is 0 Å². The van der Waals surface area contributed by atoms with Crippen molar-refractivity contribution >= 4 is 21.6 Å². The van der Waals surface area contributed by atoms with Crippen LogP contribution in [0.15, 0.2) is 40.9 Å². The molecule has 0 aromatic heterocycles. The smallest absolute Gasteiger partial charge is 0.134 e. The van der Waals surface area contributed by atoms with Crippen molar-refractivity contribution in [3.63, 3.8) is 0 Å². The molecule has 0 radical (unpaired) electrons. The van der Waals surface area contributed by atoms with Crippen molar-refractivity contribution in [2.45, 2.75) is 13.5 Å². The Hall–Kier alpha value is -1.68. The number of rotatable bonds is 3. The number of anilines is 1. The number of phenolic OH excluding ortho intramolecular Hbond substituents is 2. The topological polar surface area (TPSA) is 52.5 Å². The maximum absolute atomic E-state index is 9.85. The van der Waals surface area contributed by atoms with E-state index >= 15 is 0 Å². The molecule has 0 amide bonds. The Kier molecular flexibility index (Phi) is 3.77. The van der Waals surface area contributed by atoms with E-state index in [0.29, 0.717) is 11.0 Å². The number of nitrogens with one attached hydrogen (secondary N) is 1. The minimum Gasteiger partial charge on any atom is -0.508 e. The third-order valence-corrected chi connectivity index (χ3v) is 3.39. The van der Waals surface area contributed by atoms with E-state index in [9.17, 15) is 10.2 Å². The van der Waals surface area contributed by atoms with E-state index in [4.69, 9.17) is 0 Å². The van der Waals surface area contributed by atoms with Gasteiger partial charge in [0.1, 0.15) is 11.5 Å². The second-order valence-corrected chi connectivity index (χ2v) is 4.96. The summed E-state index contributed by atoms with van der Waals surface area (Å²) in [5.41, 5.74) is 2.54. The van der Waals surface area contributed by atoms with E-state index in [1.165, 1.54) is 0 Å². The zero-order valence-electron chi connectivity index (χ0n) is 9.94. The Morgan fingerprint density at radius 1 is 1.17 bits per heavy atom. The maximum Gasteiger partial charge on any atom is 0.134 e. The summed E-state index contributed by atoms with van der Waals surface area (Å²) in [6.07, 6.45) is 0. The first-order valence-corrected chi connectivity index (χ1v) is 6.37. The molecule has 0 fully saturated rings. The molecule has 0 heterocycles. The molecule has 0 spiro atoms. The summed E-state index contributed by atoms with van der Waals surface area (Å²) in [6.45, 7) is 2.37. The van der Waals surface area contributed by atoms with Gasteiger partial charge in [0.25, 0.3) is 0 Å². The molecule has 18 heavy (non-hydrogen) atoms. The molecule has 0 aliphatic rings. The van der Waals surface area contributed by atoms with Crippen LogP contribution in [0.2, 0.25) is 0 Å². The van der Waals surface area contributed by atoms with Crippen molar-refractivity contribution < 1.29 is 10.2 Å². The number of hydrogen-bond donors (Lipinski definition) is 3. The Morgan fingerprint density at radius 3 is 2.67 bits per heavy atom. The summed E-state index contributed by atoms with van der Waals surface area (Å²) in [4.78, 5) is 0. The standard InChI is InChI=1S/C14H14BrNO2/c1-9-7-11(5-6-13(9)17)16-8-10-3-2-4-12(15)14(10)18/h2-7,16-18H,8H2,1H3. The van der Waals surface area contributed by atoms with Crippen LogP contribution >= 0.6 is 15.9 Å². The molecule has 94 valence electrons. The van der Waals surface area contributed by atoms with Gasteiger partial charge in [0, 0.05) is 17.8 Å². The van der Waals surface area contributed by atoms with Gasteiger partial charge in [0.05, 0.1) is 4.47 Å². The van der Waals surface area contributed by atoms with Crippen LogP contribution in [0.5, 0.6) is 11.5 Å². The van der Waals surface area contributed by atoms with Crippen LogP contribution in [-0.2, 0) is 6.54 Å². The first kappa shape index (κ1) is 12.8. The highest BCUT2D eigenvalue weighted by atomic mass is 79.9. The number of aromatic hydroxyl groups is 2. The molecule has 0 atom stereocenters. The van der Waals surface area contributed by atoms with Crippen molar-refractivity contribution in [3.8, 4) is 11.5 Å². The normalized spacial score (nSPS) is 10.3. The molecule has 0 bridgehead atoms. The summed E-state index contributed by atoms with van der Waals surface area (Å²) in [5, 5.41) is 22.5. The van der Waals surface area contributed by atoms with Gasteiger partial charge < -0.3 is 15.5 Å². The molecule has 0 aliphatic carbocycles. The highest BCUT2D eigenvalue weighted by molar-refractivity contribution is 9.10. The summed E-state index contributed by atoms with van der Waals surface area (Å²) in [5.74, 6) is 0.534. The molecule has 0 saturated heterocycles. The molecule has 2 rings (SSSR count). The summed E-state index contributed by atoms with van der Waals surface area (Å²) in [7, 11) is 0. The zero-order valence-corrected chi connectivity index (χ0v) is 11.5. The Morgan fingerprint density at radius 2 is 1.94 bits per heavy atom. The average molecular weight is 308 g/mol. The van der Waals surface area contributed by atoms with Gasteiger partial charge >= 0.3 is 0 Å². The lowest BCUT2D eigenvalue weighted by Gasteiger charge is -2.10. The lowest BCUT2D eigenvalue weighted by molar-refractivity contribution is 0.465. The van der Waals surface area contributed by atoms with Crippen LogP contribution in [0, 0.1) is 6.92 Å². The van der Waals surface area contributed by atoms with Crippen LogP contribution in [0.4, 0.5) is 5.69 Å². The zero-order chi connectivity index (χ0) is 13.1. The van der Waals surface area contributed by atoms with E-state index in [2.05, 4.69) is 21.2 Å². The molecule has 4 heteroatoms. The molecule has 3 N–H and O–H groups in total. The largest absolute Gasteiger partial charge is 0.508 e. The first-order valence-electron chi connectivity index (χ1n) is 5.58. The maximum atomic E-state index is 9.85. The third-order valence-electron chi connectivity index (χ3n) is 2.75. The second kappa shape index (κ2) is 5.31. The van der Waals surface area contributed by atoms with Crippen molar-refractivity contribution in [3.05, 3.63) is 52.0 Å². The number of benzene rings is 2. The molecule has 0 saturated carbocycles. The summed E-state index contributed by atoms with van der Waals surface area (Å²) >= 11 is 3.28. The van der Waals surface area contributed by atoms with Gasteiger partial charge in [-0.15, -0.1) is 0 Å². The molecule has 2 aromatic rings. The fourth-order valence-corrected chi connectivity index (χ4v) is 2.07. The van der Waals surface area contributed by atoms with Gasteiger partial charge in [-0.2, -0.15) is 0 Å². The van der Waals surface area contributed by atoms with Gasteiger partial charge in [-0.25, -0.2) is 0 Å². The summed E-state index contributed by atoms with van der Waals surface area (Å²) in [6, 6.07) is 10.9. The average Bonchev–Trinajstić information content (AvgIpc) is 2.35. The van der Waals surface area contributed by atoms with Crippen LogP contribution in [0.25, 0.3) is 0 Å². The number of para-hydroxylation sites is 1. The van der Waals surface area contributed by atoms with Gasteiger partial charge in [-0.1, -0.05) is 12.1 Å².